The maximum atomic E-state index is 12.9. The van der Waals surface area contributed by atoms with Crippen LogP contribution in [0.25, 0.3) is 16.2 Å². The van der Waals surface area contributed by atoms with Gasteiger partial charge in [-0.15, -0.1) is 11.3 Å². The van der Waals surface area contributed by atoms with E-state index in [1.54, 1.807) is 48.5 Å². The predicted octanol–water partition coefficient (Wildman–Crippen LogP) is 7.53. The number of hydrogen-bond acceptors (Lipinski definition) is 6. The van der Waals surface area contributed by atoms with Crippen LogP contribution in [0.5, 0.6) is 5.75 Å². The number of rotatable bonds is 4. The van der Waals surface area contributed by atoms with Crippen LogP contribution in [-0.4, -0.2) is 17.8 Å². The number of para-hydroxylation sites is 1. The van der Waals surface area contributed by atoms with Crippen molar-refractivity contribution in [3.05, 3.63) is 103 Å². The number of carbonyl (C=O) groups is 2. The smallest absolute Gasteiger partial charge is 0.363 e. The molecule has 0 unspecified atom stereocenters. The summed E-state index contributed by atoms with van der Waals surface area (Å²) in [5.74, 6) is -0.764. The van der Waals surface area contributed by atoms with E-state index in [2.05, 4.69) is 20.9 Å². The Morgan fingerprint density at radius 1 is 1.06 bits per heavy atom. The molecular weight excluding hydrogens is 561 g/mol. The van der Waals surface area contributed by atoms with Crippen LogP contribution in [-0.2, 0) is 9.53 Å². The van der Waals surface area contributed by atoms with Gasteiger partial charge in [-0.1, -0.05) is 63.4 Å². The molecule has 0 fully saturated rings. The van der Waals surface area contributed by atoms with Crippen molar-refractivity contribution in [2.24, 2.45) is 4.99 Å². The first-order valence-electron chi connectivity index (χ1n) is 9.86. The number of ether oxygens (including phenoxy) is 2. The average molecular weight is 573 g/mol. The fourth-order valence-corrected chi connectivity index (χ4v) is 5.34. The highest BCUT2D eigenvalue weighted by atomic mass is 79.9. The zero-order valence-corrected chi connectivity index (χ0v) is 21.0. The van der Waals surface area contributed by atoms with Gasteiger partial charge < -0.3 is 9.47 Å². The summed E-state index contributed by atoms with van der Waals surface area (Å²) in [6, 6.07) is 19.2. The molecule has 0 bridgehead atoms. The van der Waals surface area contributed by atoms with E-state index in [0.717, 1.165) is 14.6 Å². The Hall–Kier alpha value is -2.97. The second-order valence-corrected chi connectivity index (χ2v) is 9.94. The van der Waals surface area contributed by atoms with Crippen molar-refractivity contribution in [2.45, 2.75) is 0 Å². The van der Waals surface area contributed by atoms with Crippen LogP contribution in [0.4, 0.5) is 0 Å². The Balaban J connectivity index is 1.44. The van der Waals surface area contributed by atoms with Gasteiger partial charge in [-0.05, 0) is 48.5 Å². The molecule has 5 nitrogen and oxygen atoms in total. The third-order valence-corrected chi connectivity index (χ3v) is 7.28. The Labute approximate surface area is 216 Å². The molecule has 1 aliphatic rings. The van der Waals surface area contributed by atoms with Crippen LogP contribution in [0.2, 0.25) is 10.0 Å². The highest BCUT2D eigenvalue weighted by molar-refractivity contribution is 9.10. The summed E-state index contributed by atoms with van der Waals surface area (Å²) in [5.41, 5.74) is 1.19. The fourth-order valence-electron chi connectivity index (χ4n) is 3.28. The minimum Gasteiger partial charge on any atom is -0.422 e. The van der Waals surface area contributed by atoms with E-state index in [0.29, 0.717) is 26.0 Å². The first-order chi connectivity index (χ1) is 16.4. The summed E-state index contributed by atoms with van der Waals surface area (Å²) >= 11 is 17.0. The van der Waals surface area contributed by atoms with Crippen LogP contribution in [0, 0.1) is 0 Å². The number of esters is 2. The molecule has 0 atom stereocenters. The Morgan fingerprint density at radius 2 is 1.82 bits per heavy atom. The van der Waals surface area contributed by atoms with Gasteiger partial charge in [-0.2, -0.15) is 0 Å². The summed E-state index contributed by atoms with van der Waals surface area (Å²) in [6.07, 6.45) is 1.51. The molecule has 0 spiro atoms. The number of hydrogen-bond donors (Lipinski definition) is 0. The van der Waals surface area contributed by atoms with Crippen molar-refractivity contribution >= 4 is 84.5 Å². The highest BCUT2D eigenvalue weighted by Crippen LogP contribution is 2.37. The third kappa shape index (κ3) is 4.52. The van der Waals surface area contributed by atoms with Crippen LogP contribution < -0.4 is 4.74 Å². The van der Waals surface area contributed by atoms with Gasteiger partial charge in [0.1, 0.15) is 10.6 Å². The van der Waals surface area contributed by atoms with Crippen molar-refractivity contribution in [1.82, 2.24) is 0 Å². The molecule has 1 aromatic heterocycles. The maximum Gasteiger partial charge on any atom is 0.363 e. The van der Waals surface area contributed by atoms with Crippen LogP contribution in [0.3, 0.4) is 0 Å². The van der Waals surface area contributed by atoms with E-state index in [-0.39, 0.29) is 17.3 Å². The number of thiophene rings is 1. The zero-order chi connectivity index (χ0) is 23.8. The van der Waals surface area contributed by atoms with Gasteiger partial charge in [0.25, 0.3) is 0 Å². The molecule has 5 rings (SSSR count). The van der Waals surface area contributed by atoms with Gasteiger partial charge in [-0.3, -0.25) is 0 Å². The molecule has 9 heteroatoms. The third-order valence-electron chi connectivity index (χ3n) is 4.90. The normalized spacial score (nSPS) is 14.4. The second kappa shape index (κ2) is 9.35. The van der Waals surface area contributed by atoms with E-state index >= 15 is 0 Å². The fraction of sp³-hybridized carbons (Fsp3) is 0. The molecule has 0 saturated carbocycles. The van der Waals surface area contributed by atoms with E-state index in [9.17, 15) is 9.59 Å². The molecule has 0 N–H and O–H groups in total. The summed E-state index contributed by atoms with van der Waals surface area (Å²) in [5, 5.41) is 1.67. The molecule has 1 aliphatic heterocycles. The molecule has 4 aromatic rings. The number of cyclic esters (lactones) is 1. The first-order valence-corrected chi connectivity index (χ1v) is 12.2. The topological polar surface area (TPSA) is 65.0 Å². The van der Waals surface area contributed by atoms with Crippen LogP contribution in [0.1, 0.15) is 20.8 Å². The second-order valence-electron chi connectivity index (χ2n) is 7.16. The molecule has 3 aromatic carbocycles. The van der Waals surface area contributed by atoms with Gasteiger partial charge in [0.15, 0.2) is 5.70 Å². The highest BCUT2D eigenvalue weighted by Gasteiger charge is 2.25. The standard InChI is InChI=1S/C25H12BrCl2NO4S/c26-15-7-10-17-20(12-15)34-22(21(17)28)25(31)32-19-4-2-1-3-14(19)11-18-24(30)33-23(29-18)13-5-8-16(27)9-6-13/h1-12H/b18-11+. The minimum absolute atomic E-state index is 0.0817. The quantitative estimate of drug-likeness (QED) is 0.144. The number of benzene rings is 3. The van der Waals surface area contributed by atoms with Crippen LogP contribution >= 0.6 is 50.5 Å². The number of halogens is 3. The lowest BCUT2D eigenvalue weighted by molar-refractivity contribution is -0.129. The predicted molar refractivity (Wildman–Crippen MR) is 138 cm³/mol. The summed E-state index contributed by atoms with van der Waals surface area (Å²) in [7, 11) is 0. The van der Waals surface area contributed by atoms with Gasteiger partial charge in [0.2, 0.25) is 5.90 Å². The Kier molecular flexibility index (Phi) is 6.27. The number of fused-ring (bicyclic) bond motifs is 1. The summed E-state index contributed by atoms with van der Waals surface area (Å²) in [6.45, 7) is 0. The van der Waals surface area contributed by atoms with Gasteiger partial charge in [0, 0.05) is 30.7 Å². The average Bonchev–Trinajstić information content (AvgIpc) is 3.35. The van der Waals surface area contributed by atoms with Gasteiger partial charge in [0.05, 0.1) is 5.02 Å². The lowest BCUT2D eigenvalue weighted by Gasteiger charge is -2.07. The van der Waals surface area contributed by atoms with Crippen molar-refractivity contribution in [1.29, 1.82) is 0 Å². The summed E-state index contributed by atoms with van der Waals surface area (Å²) in [4.78, 5) is 29.9. The molecule has 0 amide bonds. The van der Waals surface area contributed by atoms with Gasteiger partial charge in [-0.25, -0.2) is 14.6 Å². The van der Waals surface area contributed by atoms with Crippen molar-refractivity contribution in [3.8, 4) is 5.75 Å². The Bertz CT molecular complexity index is 1530. The van der Waals surface area contributed by atoms with Crippen molar-refractivity contribution in [3.63, 3.8) is 0 Å². The van der Waals surface area contributed by atoms with E-state index < -0.39 is 11.9 Å². The zero-order valence-electron chi connectivity index (χ0n) is 17.1. The largest absolute Gasteiger partial charge is 0.422 e. The molecule has 0 aliphatic carbocycles. The molecule has 0 radical (unpaired) electrons. The molecule has 2 heterocycles. The summed E-state index contributed by atoms with van der Waals surface area (Å²) < 4.78 is 12.7. The minimum atomic E-state index is -0.607. The maximum absolute atomic E-state index is 12.9. The lowest BCUT2D eigenvalue weighted by atomic mass is 10.1. The molecule has 34 heavy (non-hydrogen) atoms. The molecule has 0 saturated heterocycles. The van der Waals surface area contributed by atoms with E-state index in [1.165, 1.54) is 17.4 Å². The first kappa shape index (κ1) is 22.8. The Morgan fingerprint density at radius 3 is 2.62 bits per heavy atom. The van der Waals surface area contributed by atoms with E-state index in [1.807, 2.05) is 18.2 Å². The monoisotopic (exact) mass is 571 g/mol. The van der Waals surface area contributed by atoms with E-state index in [4.69, 9.17) is 32.7 Å². The number of aliphatic imine (C=N–C) groups is 1. The SMILES string of the molecule is O=C1OC(c2ccc(Cl)cc2)=N/C1=C/c1ccccc1OC(=O)c1sc2cc(Br)ccc2c1Cl. The van der Waals surface area contributed by atoms with Crippen LogP contribution in [0.15, 0.2) is 81.9 Å². The number of nitrogens with zero attached hydrogens (tertiary/aromatic N) is 1. The lowest BCUT2D eigenvalue weighted by Crippen LogP contribution is -2.08. The van der Waals surface area contributed by atoms with Gasteiger partial charge >= 0.3 is 11.9 Å². The molecular formula is C25H12BrCl2NO4S. The molecule has 168 valence electrons. The number of carbonyl (C=O) groups excluding carboxylic acids is 2. The van der Waals surface area contributed by atoms with Crippen molar-refractivity contribution in [2.75, 3.05) is 0 Å². The van der Waals surface area contributed by atoms with Crippen molar-refractivity contribution < 1.29 is 19.1 Å².